The third-order valence-electron chi connectivity index (χ3n) is 5.95. The second kappa shape index (κ2) is 10.3. The maximum absolute atomic E-state index is 15.0. The van der Waals surface area contributed by atoms with E-state index in [1.54, 1.807) is 49.6 Å². The van der Waals surface area contributed by atoms with Gasteiger partial charge in [0.15, 0.2) is 5.76 Å². The highest BCUT2D eigenvalue weighted by Crippen LogP contribution is 2.33. The fourth-order valence-electron chi connectivity index (χ4n) is 4.26. The first kappa shape index (κ1) is 22.6. The quantitative estimate of drug-likeness (QED) is 0.533. The predicted octanol–water partition coefficient (Wildman–Crippen LogP) is 5.26. The molecule has 1 fully saturated rings. The van der Waals surface area contributed by atoms with Crippen LogP contribution in [-0.4, -0.2) is 25.0 Å². The molecule has 0 spiro atoms. The van der Waals surface area contributed by atoms with E-state index in [2.05, 4.69) is 5.32 Å². The van der Waals surface area contributed by atoms with Crippen molar-refractivity contribution in [2.45, 2.75) is 44.2 Å². The van der Waals surface area contributed by atoms with Gasteiger partial charge in [-0.2, -0.15) is 0 Å². The summed E-state index contributed by atoms with van der Waals surface area (Å²) in [5, 5.41) is 3.10. The van der Waals surface area contributed by atoms with E-state index in [1.165, 1.54) is 29.4 Å². The second-order valence-corrected chi connectivity index (χ2v) is 8.12. The highest BCUT2D eigenvalue weighted by molar-refractivity contribution is 6.08. The fraction of sp³-hybridized carbons (Fsp3) is 0.308. The maximum Gasteiger partial charge on any atom is 0.295 e. The number of amides is 2. The number of nitrogens with one attached hydrogen (secondary N) is 1. The maximum atomic E-state index is 15.0. The molecule has 0 unspecified atom stereocenters. The van der Waals surface area contributed by atoms with E-state index >= 15 is 0 Å². The Kier molecular flexibility index (Phi) is 7.07. The van der Waals surface area contributed by atoms with Crippen molar-refractivity contribution in [2.75, 3.05) is 12.0 Å². The zero-order valence-electron chi connectivity index (χ0n) is 18.5. The molecule has 1 atom stereocenters. The van der Waals surface area contributed by atoms with Crippen LogP contribution in [0.5, 0.6) is 5.75 Å². The van der Waals surface area contributed by atoms with Gasteiger partial charge in [-0.25, -0.2) is 4.39 Å². The monoisotopic (exact) mass is 450 g/mol. The minimum absolute atomic E-state index is 0.00138. The van der Waals surface area contributed by atoms with Gasteiger partial charge in [-0.15, -0.1) is 0 Å². The Bertz CT molecular complexity index is 1080. The first-order chi connectivity index (χ1) is 16.1. The molecule has 1 aromatic heterocycles. The van der Waals surface area contributed by atoms with Gasteiger partial charge in [0.25, 0.3) is 5.91 Å². The van der Waals surface area contributed by atoms with E-state index in [4.69, 9.17) is 9.15 Å². The third-order valence-corrected chi connectivity index (χ3v) is 5.95. The van der Waals surface area contributed by atoms with Crippen LogP contribution >= 0.6 is 0 Å². The molecular weight excluding hydrogens is 423 g/mol. The Labute approximate surface area is 192 Å². The molecule has 1 aliphatic rings. The summed E-state index contributed by atoms with van der Waals surface area (Å²) >= 11 is 0. The van der Waals surface area contributed by atoms with Gasteiger partial charge in [-0.3, -0.25) is 14.5 Å². The van der Waals surface area contributed by atoms with Crippen molar-refractivity contribution in [1.82, 2.24) is 5.32 Å². The molecular formula is C26H27FN2O4. The summed E-state index contributed by atoms with van der Waals surface area (Å²) in [5.74, 6) is -0.955. The average Bonchev–Trinajstić information content (AvgIpc) is 3.39. The van der Waals surface area contributed by atoms with E-state index in [9.17, 15) is 14.0 Å². The van der Waals surface area contributed by atoms with Gasteiger partial charge in [0, 0.05) is 6.04 Å². The number of ether oxygens (including phenoxy) is 1. The number of benzene rings is 2. The zero-order valence-corrected chi connectivity index (χ0v) is 18.5. The molecule has 7 heteroatoms. The van der Waals surface area contributed by atoms with Crippen LogP contribution in [0.4, 0.5) is 10.1 Å². The summed E-state index contributed by atoms with van der Waals surface area (Å²) in [7, 11) is 1.55. The van der Waals surface area contributed by atoms with E-state index < -0.39 is 17.8 Å². The molecule has 4 rings (SSSR count). The van der Waals surface area contributed by atoms with E-state index in [0.29, 0.717) is 11.3 Å². The molecule has 0 bridgehead atoms. The topological polar surface area (TPSA) is 71.8 Å². The summed E-state index contributed by atoms with van der Waals surface area (Å²) in [6.07, 6.45) is 6.37. The molecule has 1 heterocycles. The van der Waals surface area contributed by atoms with Crippen molar-refractivity contribution in [3.63, 3.8) is 0 Å². The first-order valence-electron chi connectivity index (χ1n) is 11.1. The molecule has 1 N–H and O–H groups in total. The lowest BCUT2D eigenvalue weighted by atomic mass is 9.94. The smallest absolute Gasteiger partial charge is 0.295 e. The van der Waals surface area contributed by atoms with Crippen LogP contribution in [-0.2, 0) is 4.79 Å². The predicted molar refractivity (Wildman–Crippen MR) is 123 cm³/mol. The molecule has 2 amide bonds. The molecule has 172 valence electrons. The van der Waals surface area contributed by atoms with Crippen LogP contribution in [0.3, 0.4) is 0 Å². The Hall–Kier alpha value is -3.61. The van der Waals surface area contributed by atoms with Gasteiger partial charge in [0.2, 0.25) is 5.91 Å². The van der Waals surface area contributed by atoms with Gasteiger partial charge in [0.05, 0.1) is 19.1 Å². The SMILES string of the molecule is COc1ccc([C@H](C(=O)NC2CCCCC2)N(C(=O)c2ccco2)c2ccccc2F)cc1. The van der Waals surface area contributed by atoms with E-state index in [1.807, 2.05) is 0 Å². The number of hydrogen-bond donors (Lipinski definition) is 1. The number of halogens is 1. The number of carbonyl (C=O) groups is 2. The molecule has 33 heavy (non-hydrogen) atoms. The van der Waals surface area contributed by atoms with Crippen LogP contribution in [0.25, 0.3) is 0 Å². The number of para-hydroxylation sites is 1. The van der Waals surface area contributed by atoms with Crippen molar-refractivity contribution < 1.29 is 23.1 Å². The van der Waals surface area contributed by atoms with Crippen molar-refractivity contribution in [3.05, 3.63) is 84.1 Å². The number of carbonyl (C=O) groups excluding carboxylic acids is 2. The van der Waals surface area contributed by atoms with Gasteiger partial charge in [-0.1, -0.05) is 43.5 Å². The Morgan fingerprint density at radius 3 is 2.39 bits per heavy atom. The molecule has 0 radical (unpaired) electrons. The minimum Gasteiger partial charge on any atom is -0.497 e. The normalized spacial score (nSPS) is 15.0. The van der Waals surface area contributed by atoms with Gasteiger partial charge < -0.3 is 14.5 Å². The fourth-order valence-corrected chi connectivity index (χ4v) is 4.26. The number of hydrogen-bond acceptors (Lipinski definition) is 4. The standard InChI is InChI=1S/C26H27FN2O4/c1-32-20-15-13-18(14-16-20)24(25(30)28-19-8-3-2-4-9-19)29(22-11-6-5-10-21(22)27)26(31)23-12-7-17-33-23/h5-7,10-17,19,24H,2-4,8-9H2,1H3,(H,28,30)/t24-/m1/s1. The van der Waals surface area contributed by atoms with Crippen molar-refractivity contribution in [2.24, 2.45) is 0 Å². The van der Waals surface area contributed by atoms with Crippen LogP contribution in [0.1, 0.15) is 54.3 Å². The van der Waals surface area contributed by atoms with Crippen molar-refractivity contribution >= 4 is 17.5 Å². The highest BCUT2D eigenvalue weighted by Gasteiger charge is 2.36. The number of furan rings is 1. The van der Waals surface area contributed by atoms with Gasteiger partial charge >= 0.3 is 0 Å². The lowest BCUT2D eigenvalue weighted by Gasteiger charge is -2.33. The Balaban J connectivity index is 1.80. The Morgan fingerprint density at radius 1 is 1.03 bits per heavy atom. The molecule has 0 aliphatic heterocycles. The van der Waals surface area contributed by atoms with E-state index in [-0.39, 0.29) is 23.4 Å². The van der Waals surface area contributed by atoms with Crippen LogP contribution in [0.2, 0.25) is 0 Å². The first-order valence-corrected chi connectivity index (χ1v) is 11.1. The lowest BCUT2D eigenvalue weighted by molar-refractivity contribution is -0.123. The molecule has 1 aliphatic carbocycles. The number of anilines is 1. The molecule has 0 saturated heterocycles. The molecule has 1 saturated carbocycles. The average molecular weight is 451 g/mol. The molecule has 6 nitrogen and oxygen atoms in total. The van der Waals surface area contributed by atoms with Crippen LogP contribution in [0, 0.1) is 5.82 Å². The van der Waals surface area contributed by atoms with Gasteiger partial charge in [0.1, 0.15) is 17.6 Å². The largest absolute Gasteiger partial charge is 0.497 e. The highest BCUT2D eigenvalue weighted by atomic mass is 19.1. The van der Waals surface area contributed by atoms with E-state index in [0.717, 1.165) is 32.1 Å². The third kappa shape index (κ3) is 5.08. The van der Waals surface area contributed by atoms with Gasteiger partial charge in [-0.05, 0) is 54.8 Å². The van der Waals surface area contributed by atoms with Crippen molar-refractivity contribution in [3.8, 4) is 5.75 Å². The zero-order chi connectivity index (χ0) is 23.2. The number of methoxy groups -OCH3 is 1. The van der Waals surface area contributed by atoms with Crippen molar-refractivity contribution in [1.29, 1.82) is 0 Å². The summed E-state index contributed by atoms with van der Waals surface area (Å²) in [6, 6.07) is 14.8. The summed E-state index contributed by atoms with van der Waals surface area (Å²) in [4.78, 5) is 28.4. The molecule has 3 aromatic rings. The number of nitrogens with zero attached hydrogens (tertiary/aromatic N) is 1. The summed E-state index contributed by atoms with van der Waals surface area (Å²) in [5.41, 5.74) is 0.533. The number of rotatable bonds is 7. The van der Waals surface area contributed by atoms with Crippen LogP contribution in [0.15, 0.2) is 71.3 Å². The second-order valence-electron chi connectivity index (χ2n) is 8.12. The summed E-state index contributed by atoms with van der Waals surface area (Å²) in [6.45, 7) is 0. The lowest BCUT2D eigenvalue weighted by Crippen LogP contribution is -2.47. The molecule has 2 aromatic carbocycles. The van der Waals surface area contributed by atoms with Crippen LogP contribution < -0.4 is 15.0 Å². The summed E-state index contributed by atoms with van der Waals surface area (Å²) < 4.78 is 25.6. The Morgan fingerprint density at radius 2 is 1.76 bits per heavy atom. The minimum atomic E-state index is -1.10.